The van der Waals surface area contributed by atoms with Crippen LogP contribution in [0.4, 0.5) is 0 Å². The van der Waals surface area contributed by atoms with Crippen molar-refractivity contribution in [3.63, 3.8) is 0 Å². The number of amides is 1. The third kappa shape index (κ3) is 3.08. The van der Waals surface area contributed by atoms with Crippen molar-refractivity contribution in [3.05, 3.63) is 0 Å². The van der Waals surface area contributed by atoms with Crippen LogP contribution in [0.15, 0.2) is 0 Å². The molecule has 0 atom stereocenters. The van der Waals surface area contributed by atoms with Gasteiger partial charge in [-0.2, -0.15) is 0 Å². The molecule has 1 aliphatic carbocycles. The molecule has 2 aliphatic heterocycles. The molecule has 3 rings (SSSR count). The first-order valence-electron chi connectivity index (χ1n) is 7.89. The van der Waals surface area contributed by atoms with Gasteiger partial charge in [0.1, 0.15) is 0 Å². The van der Waals surface area contributed by atoms with Crippen LogP contribution in [0, 0.1) is 5.92 Å². The number of carbonyl (C=O) groups excluding carboxylic acids is 1. The largest absolute Gasteiger partial charge is 0.342 e. The molecule has 0 aromatic rings. The molecular formula is C14H23ClN2O3S. The molecule has 0 N–H and O–H groups in total. The zero-order valence-electron chi connectivity index (χ0n) is 12.3. The number of nitrogens with zero attached hydrogens (tertiary/aromatic N) is 2. The van der Waals surface area contributed by atoms with Crippen LogP contribution in [0.5, 0.6) is 0 Å². The quantitative estimate of drug-likeness (QED) is 0.736. The Morgan fingerprint density at radius 1 is 1.14 bits per heavy atom. The SMILES string of the molecule is O=C1CCCCN1CC1CCN(S(=O)(=O)C2(Cl)CC2)CC1. The summed E-state index contributed by atoms with van der Waals surface area (Å²) in [6.45, 7) is 2.74. The van der Waals surface area contributed by atoms with E-state index in [9.17, 15) is 13.2 Å². The maximum Gasteiger partial charge on any atom is 0.233 e. The van der Waals surface area contributed by atoms with Crippen LogP contribution in [0.1, 0.15) is 44.9 Å². The number of carbonyl (C=O) groups is 1. The van der Waals surface area contributed by atoms with E-state index < -0.39 is 14.2 Å². The van der Waals surface area contributed by atoms with Crippen LogP contribution in [-0.2, 0) is 14.8 Å². The van der Waals surface area contributed by atoms with Gasteiger partial charge in [0.2, 0.25) is 15.9 Å². The maximum atomic E-state index is 12.3. The maximum absolute atomic E-state index is 12.3. The number of hydrogen-bond acceptors (Lipinski definition) is 3. The smallest absolute Gasteiger partial charge is 0.233 e. The van der Waals surface area contributed by atoms with Crippen molar-refractivity contribution in [1.82, 2.24) is 9.21 Å². The summed E-state index contributed by atoms with van der Waals surface area (Å²) in [5.41, 5.74) is 0. The van der Waals surface area contributed by atoms with Gasteiger partial charge in [-0.3, -0.25) is 4.79 Å². The highest BCUT2D eigenvalue weighted by Crippen LogP contribution is 2.49. The summed E-state index contributed by atoms with van der Waals surface area (Å²) in [7, 11) is -3.34. The minimum Gasteiger partial charge on any atom is -0.342 e. The Labute approximate surface area is 131 Å². The zero-order valence-corrected chi connectivity index (χ0v) is 13.8. The van der Waals surface area contributed by atoms with Gasteiger partial charge >= 0.3 is 0 Å². The zero-order chi connectivity index (χ0) is 15.1. The molecule has 5 nitrogen and oxygen atoms in total. The van der Waals surface area contributed by atoms with Crippen molar-refractivity contribution in [2.45, 2.75) is 49.2 Å². The Morgan fingerprint density at radius 2 is 1.81 bits per heavy atom. The molecule has 7 heteroatoms. The van der Waals surface area contributed by atoms with E-state index in [0.717, 1.165) is 38.8 Å². The van der Waals surface area contributed by atoms with Gasteiger partial charge in [-0.15, -0.1) is 11.6 Å². The van der Waals surface area contributed by atoms with Gasteiger partial charge in [0, 0.05) is 32.6 Å². The Balaban J connectivity index is 1.52. The van der Waals surface area contributed by atoms with Crippen LogP contribution in [-0.4, -0.2) is 53.9 Å². The minimum atomic E-state index is -3.34. The first kappa shape index (κ1) is 15.6. The third-order valence-corrected chi connectivity index (χ3v) is 8.26. The molecule has 3 aliphatic rings. The monoisotopic (exact) mass is 334 g/mol. The molecule has 0 unspecified atom stereocenters. The van der Waals surface area contributed by atoms with E-state index in [-0.39, 0.29) is 5.91 Å². The third-order valence-electron chi connectivity index (χ3n) is 4.92. The molecule has 1 amide bonds. The lowest BCUT2D eigenvalue weighted by Crippen LogP contribution is -2.46. The molecule has 1 saturated carbocycles. The summed E-state index contributed by atoms with van der Waals surface area (Å²) >= 11 is 6.10. The summed E-state index contributed by atoms with van der Waals surface area (Å²) in [6.07, 6.45) is 5.56. The van der Waals surface area contributed by atoms with E-state index in [1.807, 2.05) is 4.90 Å². The Hall–Kier alpha value is -0.330. The summed E-state index contributed by atoms with van der Waals surface area (Å²) in [5.74, 6) is 0.679. The van der Waals surface area contributed by atoms with E-state index in [4.69, 9.17) is 11.6 Å². The average molecular weight is 335 g/mol. The first-order valence-corrected chi connectivity index (χ1v) is 9.71. The van der Waals surface area contributed by atoms with Gasteiger partial charge in [-0.05, 0) is 44.4 Å². The summed E-state index contributed by atoms with van der Waals surface area (Å²) in [5, 5.41) is 0. The molecule has 0 bridgehead atoms. The fourth-order valence-electron chi connectivity index (χ4n) is 3.29. The molecule has 21 heavy (non-hydrogen) atoms. The van der Waals surface area contributed by atoms with Crippen LogP contribution in [0.25, 0.3) is 0 Å². The van der Waals surface area contributed by atoms with Crippen molar-refractivity contribution >= 4 is 27.5 Å². The van der Waals surface area contributed by atoms with E-state index >= 15 is 0 Å². The van der Waals surface area contributed by atoms with E-state index in [1.165, 1.54) is 0 Å². The van der Waals surface area contributed by atoms with Crippen LogP contribution in [0.2, 0.25) is 0 Å². The van der Waals surface area contributed by atoms with Crippen molar-refractivity contribution in [1.29, 1.82) is 0 Å². The predicted octanol–water partition coefficient (Wildman–Crippen LogP) is 1.77. The normalized spacial score (nSPS) is 27.9. The van der Waals surface area contributed by atoms with Crippen molar-refractivity contribution in [3.8, 4) is 0 Å². The highest BCUT2D eigenvalue weighted by molar-refractivity contribution is 7.92. The predicted molar refractivity (Wildman–Crippen MR) is 81.5 cm³/mol. The second-order valence-corrected chi connectivity index (χ2v) is 9.72. The highest BCUT2D eigenvalue weighted by atomic mass is 35.5. The number of piperidine rings is 2. The van der Waals surface area contributed by atoms with Gasteiger partial charge in [0.05, 0.1) is 0 Å². The molecule has 120 valence electrons. The van der Waals surface area contributed by atoms with Gasteiger partial charge in [0.25, 0.3) is 0 Å². The fourth-order valence-corrected chi connectivity index (χ4v) is 5.45. The van der Waals surface area contributed by atoms with Gasteiger partial charge in [0.15, 0.2) is 4.21 Å². The molecule has 2 saturated heterocycles. The number of rotatable bonds is 4. The standard InChI is InChI=1S/C14H23ClN2O3S/c15-14(6-7-14)21(19,20)17-9-4-12(5-10-17)11-16-8-2-1-3-13(16)18/h12H,1-11H2. The molecule has 3 fully saturated rings. The van der Waals surface area contributed by atoms with E-state index in [1.54, 1.807) is 4.31 Å². The molecular weight excluding hydrogens is 312 g/mol. The molecule has 0 aromatic carbocycles. The first-order chi connectivity index (χ1) is 9.92. The average Bonchev–Trinajstić information content (AvgIpc) is 3.22. The molecule has 0 radical (unpaired) electrons. The topological polar surface area (TPSA) is 57.7 Å². The lowest BCUT2D eigenvalue weighted by atomic mass is 9.96. The minimum absolute atomic E-state index is 0.258. The van der Waals surface area contributed by atoms with E-state index in [0.29, 0.717) is 38.3 Å². The number of alkyl halides is 1. The second-order valence-electron chi connectivity index (χ2n) is 6.53. The van der Waals surface area contributed by atoms with Gasteiger partial charge < -0.3 is 4.90 Å². The number of likely N-dealkylation sites (tertiary alicyclic amines) is 1. The lowest BCUT2D eigenvalue weighted by Gasteiger charge is -2.36. The summed E-state index contributed by atoms with van der Waals surface area (Å²) in [6, 6.07) is 0. The van der Waals surface area contributed by atoms with Crippen molar-refractivity contribution in [2.24, 2.45) is 5.92 Å². The van der Waals surface area contributed by atoms with E-state index in [2.05, 4.69) is 0 Å². The van der Waals surface area contributed by atoms with Crippen LogP contribution in [0.3, 0.4) is 0 Å². The molecule has 0 aromatic heterocycles. The Bertz CT molecular complexity index is 510. The molecule has 2 heterocycles. The lowest BCUT2D eigenvalue weighted by molar-refractivity contribution is -0.134. The van der Waals surface area contributed by atoms with Crippen LogP contribution < -0.4 is 0 Å². The molecule has 0 spiro atoms. The second kappa shape index (κ2) is 5.70. The number of sulfonamides is 1. The fraction of sp³-hybridized carbons (Fsp3) is 0.929. The summed E-state index contributed by atoms with van der Waals surface area (Å²) in [4.78, 5) is 13.8. The number of halogens is 1. The Kier molecular flexibility index (Phi) is 4.23. The number of hydrogen-bond donors (Lipinski definition) is 0. The van der Waals surface area contributed by atoms with Gasteiger partial charge in [-0.1, -0.05) is 0 Å². The van der Waals surface area contributed by atoms with Crippen molar-refractivity contribution in [2.75, 3.05) is 26.2 Å². The summed E-state index contributed by atoms with van der Waals surface area (Å²) < 4.78 is 25.2. The van der Waals surface area contributed by atoms with Gasteiger partial charge in [-0.25, -0.2) is 12.7 Å². The Morgan fingerprint density at radius 3 is 2.38 bits per heavy atom. The van der Waals surface area contributed by atoms with Crippen molar-refractivity contribution < 1.29 is 13.2 Å². The highest BCUT2D eigenvalue weighted by Gasteiger charge is 2.55. The van der Waals surface area contributed by atoms with Crippen LogP contribution >= 0.6 is 11.6 Å².